The minimum atomic E-state index is -0.362. The Morgan fingerprint density at radius 2 is 1.88 bits per heavy atom. The predicted octanol–water partition coefficient (Wildman–Crippen LogP) is 7.40. The van der Waals surface area contributed by atoms with Gasteiger partial charge in [0, 0.05) is 18.3 Å². The van der Waals surface area contributed by atoms with E-state index < -0.39 is 0 Å². The van der Waals surface area contributed by atoms with Crippen molar-refractivity contribution in [2.45, 2.75) is 51.6 Å². The van der Waals surface area contributed by atoms with Crippen LogP contribution in [-0.2, 0) is 11.3 Å². The Morgan fingerprint density at radius 3 is 2.65 bits per heavy atom. The van der Waals surface area contributed by atoms with Crippen LogP contribution < -0.4 is 10.1 Å². The second-order valence-corrected chi connectivity index (χ2v) is 11.3. The van der Waals surface area contributed by atoms with E-state index in [2.05, 4.69) is 57.1 Å². The van der Waals surface area contributed by atoms with Crippen LogP contribution in [0.2, 0.25) is 0 Å². The van der Waals surface area contributed by atoms with E-state index >= 15 is 0 Å². The molecule has 3 heterocycles. The van der Waals surface area contributed by atoms with E-state index in [1.807, 2.05) is 37.3 Å². The number of carbonyl (C=O) groups is 1. The van der Waals surface area contributed by atoms with Crippen LogP contribution in [-0.4, -0.2) is 39.3 Å². The van der Waals surface area contributed by atoms with Gasteiger partial charge in [0.1, 0.15) is 23.4 Å². The third-order valence-corrected chi connectivity index (χ3v) is 8.59. The van der Waals surface area contributed by atoms with Crippen LogP contribution in [0.5, 0.6) is 5.75 Å². The van der Waals surface area contributed by atoms with Gasteiger partial charge in [0.25, 0.3) is 0 Å². The van der Waals surface area contributed by atoms with Crippen LogP contribution in [0.3, 0.4) is 0 Å². The molecule has 2 aliphatic rings. The van der Waals surface area contributed by atoms with Crippen LogP contribution in [0.4, 0.5) is 5.69 Å². The molecule has 0 saturated heterocycles. The molecule has 1 aliphatic carbocycles. The van der Waals surface area contributed by atoms with E-state index in [1.165, 1.54) is 25.5 Å². The molecule has 1 aliphatic heterocycles. The van der Waals surface area contributed by atoms with Crippen LogP contribution in [0.15, 0.2) is 78.5 Å². The normalized spacial score (nSPS) is 15.8. The quantitative estimate of drug-likeness (QED) is 0.161. The summed E-state index contributed by atoms with van der Waals surface area (Å²) in [7, 11) is 3.08. The number of ether oxygens (including phenoxy) is 2. The van der Waals surface area contributed by atoms with Gasteiger partial charge in [-0.2, -0.15) is 0 Å². The molecule has 0 spiro atoms. The summed E-state index contributed by atoms with van der Waals surface area (Å²) in [5.74, 6) is 2.29. The number of aryl methyl sites for hydroxylation is 2. The molecule has 7 rings (SSSR count). The molecule has 1 atom stereocenters. The number of methoxy groups -OCH3 is 2. The Balaban J connectivity index is 1.32. The zero-order valence-corrected chi connectivity index (χ0v) is 24.8. The van der Waals surface area contributed by atoms with Gasteiger partial charge in [-0.15, -0.1) is 0 Å². The van der Waals surface area contributed by atoms with Gasteiger partial charge in [-0.3, -0.25) is 4.57 Å². The number of rotatable bonds is 7. The molecule has 2 aromatic heterocycles. The third kappa shape index (κ3) is 4.96. The van der Waals surface area contributed by atoms with Crippen molar-refractivity contribution in [3.63, 3.8) is 0 Å². The number of carbonyl (C=O) groups excluding carboxylic acids is 1. The monoisotopic (exact) mass is 573 g/mol. The van der Waals surface area contributed by atoms with E-state index in [4.69, 9.17) is 19.4 Å². The van der Waals surface area contributed by atoms with Crippen LogP contribution in [0, 0.1) is 6.92 Å². The van der Waals surface area contributed by atoms with Crippen LogP contribution >= 0.6 is 0 Å². The predicted molar refractivity (Wildman–Crippen MR) is 168 cm³/mol. The number of benzene rings is 3. The lowest BCUT2D eigenvalue weighted by atomic mass is 9.97. The summed E-state index contributed by atoms with van der Waals surface area (Å²) in [5.41, 5.74) is 8.94. The molecular formula is C35H35N5O3. The molecule has 1 unspecified atom stereocenters. The lowest BCUT2D eigenvalue weighted by Gasteiger charge is -2.29. The molecule has 0 fully saturated rings. The summed E-state index contributed by atoms with van der Waals surface area (Å²) in [5, 5.41) is 3.77. The Hall–Kier alpha value is -4.85. The average Bonchev–Trinajstić information content (AvgIpc) is 3.63. The summed E-state index contributed by atoms with van der Waals surface area (Å²) in [6.07, 6.45) is 10.3. The fourth-order valence-corrected chi connectivity index (χ4v) is 6.37. The third-order valence-electron chi connectivity index (χ3n) is 8.59. The molecule has 0 radical (unpaired) electrons. The second kappa shape index (κ2) is 11.1. The number of esters is 1. The van der Waals surface area contributed by atoms with Crippen molar-refractivity contribution in [3.05, 3.63) is 101 Å². The summed E-state index contributed by atoms with van der Waals surface area (Å²) >= 11 is 0. The number of imidazole rings is 2. The Morgan fingerprint density at radius 1 is 1.02 bits per heavy atom. The highest BCUT2D eigenvalue weighted by molar-refractivity contribution is 5.94. The van der Waals surface area contributed by atoms with Crippen molar-refractivity contribution in [2.75, 3.05) is 19.5 Å². The number of aromatic nitrogens is 4. The molecule has 218 valence electrons. The minimum Gasteiger partial charge on any atom is -0.497 e. The largest absolute Gasteiger partial charge is 0.497 e. The molecule has 1 N–H and O–H groups in total. The number of nitrogens with one attached hydrogen (secondary N) is 1. The van der Waals surface area contributed by atoms with Crippen molar-refractivity contribution in [3.8, 4) is 22.8 Å². The summed E-state index contributed by atoms with van der Waals surface area (Å²) in [6.45, 7) is 2.84. The van der Waals surface area contributed by atoms with Gasteiger partial charge in [0.2, 0.25) is 0 Å². The van der Waals surface area contributed by atoms with Gasteiger partial charge < -0.3 is 19.4 Å². The zero-order chi connectivity index (χ0) is 29.5. The van der Waals surface area contributed by atoms with Crippen molar-refractivity contribution < 1.29 is 14.3 Å². The number of hydrogen-bond acceptors (Lipinski definition) is 6. The van der Waals surface area contributed by atoms with Crippen LogP contribution in [0.25, 0.3) is 28.1 Å². The van der Waals surface area contributed by atoms with Gasteiger partial charge in [-0.25, -0.2) is 14.8 Å². The first-order valence-electron chi connectivity index (χ1n) is 14.9. The maximum Gasteiger partial charge on any atom is 0.337 e. The number of allylic oxidation sites excluding steroid dienone is 2. The van der Waals surface area contributed by atoms with Gasteiger partial charge >= 0.3 is 5.97 Å². The SMILES string of the molecule is COC(=O)c1ccc2c(c1)nc(-c1ccc3c(c1)NC(c1ccc(OC)cc1)c1nc(C)cn1-3)n2CCC1=CCCCC1. The van der Waals surface area contributed by atoms with Gasteiger partial charge in [-0.05, 0) is 93.1 Å². The maximum absolute atomic E-state index is 12.3. The molecule has 0 bridgehead atoms. The summed E-state index contributed by atoms with van der Waals surface area (Å²) < 4.78 is 14.9. The molecule has 5 aromatic rings. The summed E-state index contributed by atoms with van der Waals surface area (Å²) in [4.78, 5) is 22.3. The first kappa shape index (κ1) is 27.0. The topological polar surface area (TPSA) is 83.2 Å². The van der Waals surface area contributed by atoms with E-state index in [1.54, 1.807) is 7.11 Å². The van der Waals surface area contributed by atoms with Crippen molar-refractivity contribution >= 4 is 22.7 Å². The first-order valence-corrected chi connectivity index (χ1v) is 14.9. The molecular weight excluding hydrogens is 538 g/mol. The average molecular weight is 574 g/mol. The highest BCUT2D eigenvalue weighted by atomic mass is 16.5. The molecule has 8 heteroatoms. The smallest absolute Gasteiger partial charge is 0.337 e. The molecule has 8 nitrogen and oxygen atoms in total. The Bertz CT molecular complexity index is 1860. The van der Waals surface area contributed by atoms with E-state index in [9.17, 15) is 4.79 Å². The molecule has 43 heavy (non-hydrogen) atoms. The van der Waals surface area contributed by atoms with Crippen molar-refractivity contribution in [1.29, 1.82) is 0 Å². The van der Waals surface area contributed by atoms with Gasteiger partial charge in [0.15, 0.2) is 0 Å². The fraction of sp³-hybridized carbons (Fsp3) is 0.286. The zero-order valence-electron chi connectivity index (χ0n) is 24.8. The number of nitrogens with zero attached hydrogens (tertiary/aromatic N) is 4. The number of fused-ring (bicyclic) bond motifs is 4. The lowest BCUT2D eigenvalue weighted by Crippen LogP contribution is -2.23. The maximum atomic E-state index is 12.3. The van der Waals surface area contributed by atoms with E-state index in [-0.39, 0.29) is 12.0 Å². The molecule has 0 amide bonds. The van der Waals surface area contributed by atoms with E-state index in [0.29, 0.717) is 5.56 Å². The highest BCUT2D eigenvalue weighted by Crippen LogP contribution is 2.39. The summed E-state index contributed by atoms with van der Waals surface area (Å²) in [6, 6.07) is 20.1. The Labute approximate surface area is 251 Å². The Kier molecular flexibility index (Phi) is 6.97. The van der Waals surface area contributed by atoms with Crippen molar-refractivity contribution in [2.24, 2.45) is 0 Å². The number of hydrogen-bond donors (Lipinski definition) is 1. The second-order valence-electron chi connectivity index (χ2n) is 11.3. The first-order chi connectivity index (χ1) is 21.0. The highest BCUT2D eigenvalue weighted by Gasteiger charge is 2.28. The molecule has 0 saturated carbocycles. The van der Waals surface area contributed by atoms with Crippen molar-refractivity contribution in [1.82, 2.24) is 19.1 Å². The van der Waals surface area contributed by atoms with Gasteiger partial charge in [0.05, 0.1) is 47.9 Å². The van der Waals surface area contributed by atoms with E-state index in [0.717, 1.165) is 82.4 Å². The minimum absolute atomic E-state index is 0.123. The standard InChI is InChI=1S/C35H35N5O3/c1-22-21-40-31-15-11-25(19-28(31)37-32(34(40)36-22)24-9-13-27(42-2)14-10-24)33-38-29-20-26(35(41)43-3)12-16-30(29)39(33)18-17-23-7-5-4-6-8-23/h7,9-16,19-21,32,37H,4-6,8,17-18H2,1-3H3. The fourth-order valence-electron chi connectivity index (χ4n) is 6.37. The lowest BCUT2D eigenvalue weighted by molar-refractivity contribution is 0.0601. The van der Waals surface area contributed by atoms with Gasteiger partial charge in [-0.1, -0.05) is 23.8 Å². The molecule has 3 aromatic carbocycles. The van der Waals surface area contributed by atoms with Crippen LogP contribution in [0.1, 0.15) is 65.6 Å². The number of anilines is 1.